The molecular weight excluding hydrogens is 254 g/mol. The zero-order valence-corrected chi connectivity index (χ0v) is 11.3. The van der Waals surface area contributed by atoms with Crippen molar-refractivity contribution in [3.05, 3.63) is 53.5 Å². The van der Waals surface area contributed by atoms with E-state index in [2.05, 4.69) is 15.3 Å². The molecule has 20 heavy (non-hydrogen) atoms. The topological polar surface area (TPSA) is 75.1 Å². The number of nitrogens with zero attached hydrogens (tertiary/aromatic N) is 2. The predicted molar refractivity (Wildman–Crippen MR) is 77.0 cm³/mol. The number of rotatable bonds is 6. The molecule has 2 aromatic heterocycles. The van der Waals surface area contributed by atoms with Crippen molar-refractivity contribution in [2.75, 3.05) is 11.9 Å². The lowest BCUT2D eigenvalue weighted by Crippen LogP contribution is -2.09. The molecule has 0 aliphatic heterocycles. The summed E-state index contributed by atoms with van der Waals surface area (Å²) in [4.78, 5) is 19.4. The number of carbonyl (C=O) groups is 1. The molecule has 0 amide bonds. The highest BCUT2D eigenvalue weighted by molar-refractivity contribution is 5.88. The molecule has 0 bridgehead atoms. The Labute approximate surface area is 117 Å². The van der Waals surface area contributed by atoms with Crippen molar-refractivity contribution in [1.29, 1.82) is 0 Å². The molecule has 2 N–H and O–H groups in total. The Bertz CT molecular complexity index is 585. The van der Waals surface area contributed by atoms with Crippen molar-refractivity contribution < 1.29 is 9.90 Å². The molecule has 0 unspecified atom stereocenters. The first-order valence-electron chi connectivity index (χ1n) is 6.56. The van der Waals surface area contributed by atoms with E-state index in [1.54, 1.807) is 24.5 Å². The van der Waals surface area contributed by atoms with Crippen LogP contribution >= 0.6 is 0 Å². The van der Waals surface area contributed by atoms with Gasteiger partial charge in [0.2, 0.25) is 0 Å². The third kappa shape index (κ3) is 3.78. The second-order valence-electron chi connectivity index (χ2n) is 4.42. The van der Waals surface area contributed by atoms with Crippen LogP contribution < -0.4 is 5.32 Å². The number of aryl methyl sites for hydroxylation is 1. The fourth-order valence-electron chi connectivity index (χ4n) is 1.87. The molecule has 2 heterocycles. The van der Waals surface area contributed by atoms with Crippen LogP contribution in [0.25, 0.3) is 0 Å². The number of aromatic carboxylic acids is 1. The lowest BCUT2D eigenvalue weighted by Gasteiger charge is -2.08. The second kappa shape index (κ2) is 6.65. The van der Waals surface area contributed by atoms with E-state index >= 15 is 0 Å². The fraction of sp³-hybridized carbons (Fsp3) is 0.267. The Hall–Kier alpha value is -2.43. The highest BCUT2D eigenvalue weighted by Crippen LogP contribution is 2.11. The summed E-state index contributed by atoms with van der Waals surface area (Å²) < 4.78 is 0. The molecule has 2 aromatic rings. The van der Waals surface area contributed by atoms with Crippen molar-refractivity contribution in [2.24, 2.45) is 0 Å². The van der Waals surface area contributed by atoms with Gasteiger partial charge in [-0.05, 0) is 42.7 Å². The van der Waals surface area contributed by atoms with E-state index in [1.165, 1.54) is 5.56 Å². The summed E-state index contributed by atoms with van der Waals surface area (Å²) in [5.41, 5.74) is 2.22. The molecule has 0 aliphatic rings. The highest BCUT2D eigenvalue weighted by Gasteiger charge is 2.07. The largest absolute Gasteiger partial charge is 0.478 e. The number of aromatic nitrogens is 2. The van der Waals surface area contributed by atoms with Crippen molar-refractivity contribution >= 4 is 11.8 Å². The average Bonchev–Trinajstić information content (AvgIpc) is 2.48. The predicted octanol–water partition coefficient (Wildman–Crippen LogP) is 2.39. The van der Waals surface area contributed by atoms with Gasteiger partial charge in [0.15, 0.2) is 0 Å². The Kier molecular flexibility index (Phi) is 4.65. The van der Waals surface area contributed by atoms with Crippen LogP contribution in [0.1, 0.15) is 28.5 Å². The quantitative estimate of drug-likeness (QED) is 0.843. The van der Waals surface area contributed by atoms with Gasteiger partial charge in [0, 0.05) is 24.6 Å². The van der Waals surface area contributed by atoms with Crippen LogP contribution in [0.4, 0.5) is 5.82 Å². The van der Waals surface area contributed by atoms with E-state index in [0.717, 1.165) is 12.1 Å². The normalized spacial score (nSPS) is 10.2. The minimum absolute atomic E-state index is 0.267. The van der Waals surface area contributed by atoms with E-state index in [-0.39, 0.29) is 5.56 Å². The van der Waals surface area contributed by atoms with Gasteiger partial charge in [0.1, 0.15) is 5.82 Å². The van der Waals surface area contributed by atoms with Crippen LogP contribution in [0, 0.1) is 0 Å². The molecule has 0 saturated heterocycles. The van der Waals surface area contributed by atoms with Gasteiger partial charge in [-0.25, -0.2) is 9.78 Å². The highest BCUT2D eigenvalue weighted by atomic mass is 16.4. The first kappa shape index (κ1) is 14.0. The van der Waals surface area contributed by atoms with Crippen LogP contribution in [0.2, 0.25) is 0 Å². The molecule has 0 radical (unpaired) electrons. The van der Waals surface area contributed by atoms with E-state index in [4.69, 9.17) is 5.11 Å². The molecule has 2 rings (SSSR count). The average molecular weight is 271 g/mol. The molecule has 5 heteroatoms. The minimum Gasteiger partial charge on any atom is -0.478 e. The standard InChI is InChI=1S/C15H17N3O2/c1-2-13-9-12(15(19)20)10-14(18-13)17-8-5-11-3-6-16-7-4-11/h3-4,6-7,9-10H,2,5,8H2,1H3,(H,17,18)(H,19,20). The monoisotopic (exact) mass is 271 g/mol. The van der Waals surface area contributed by atoms with Gasteiger partial charge in [-0.3, -0.25) is 4.98 Å². The van der Waals surface area contributed by atoms with Gasteiger partial charge in [-0.2, -0.15) is 0 Å². The van der Waals surface area contributed by atoms with Crippen LogP contribution in [0.3, 0.4) is 0 Å². The van der Waals surface area contributed by atoms with Gasteiger partial charge in [-0.1, -0.05) is 6.92 Å². The SMILES string of the molecule is CCc1cc(C(=O)O)cc(NCCc2ccncc2)n1. The Morgan fingerprint density at radius 1 is 1.30 bits per heavy atom. The van der Waals surface area contributed by atoms with Crippen molar-refractivity contribution in [3.8, 4) is 0 Å². The maximum Gasteiger partial charge on any atom is 0.335 e. The van der Waals surface area contributed by atoms with Crippen LogP contribution in [0.5, 0.6) is 0 Å². The summed E-state index contributed by atoms with van der Waals surface area (Å²) in [7, 11) is 0. The summed E-state index contributed by atoms with van der Waals surface area (Å²) in [6.45, 7) is 2.65. The Morgan fingerprint density at radius 3 is 2.70 bits per heavy atom. The van der Waals surface area contributed by atoms with Crippen molar-refractivity contribution in [2.45, 2.75) is 19.8 Å². The zero-order chi connectivity index (χ0) is 14.4. The van der Waals surface area contributed by atoms with E-state index < -0.39 is 5.97 Å². The van der Waals surface area contributed by atoms with Crippen molar-refractivity contribution in [1.82, 2.24) is 9.97 Å². The maximum absolute atomic E-state index is 11.1. The summed E-state index contributed by atoms with van der Waals surface area (Å²) in [6.07, 6.45) is 5.06. The maximum atomic E-state index is 11.1. The molecule has 0 atom stereocenters. The Balaban J connectivity index is 2.02. The summed E-state index contributed by atoms with van der Waals surface area (Å²) in [6, 6.07) is 7.09. The van der Waals surface area contributed by atoms with Gasteiger partial charge < -0.3 is 10.4 Å². The molecular formula is C15H17N3O2. The van der Waals surface area contributed by atoms with Crippen LogP contribution in [-0.4, -0.2) is 27.6 Å². The number of carboxylic acids is 1. The molecule has 5 nitrogen and oxygen atoms in total. The third-order valence-electron chi connectivity index (χ3n) is 2.96. The Morgan fingerprint density at radius 2 is 2.05 bits per heavy atom. The number of anilines is 1. The van der Waals surface area contributed by atoms with Crippen LogP contribution in [-0.2, 0) is 12.8 Å². The second-order valence-corrected chi connectivity index (χ2v) is 4.42. The number of carboxylic acid groups (broad SMARTS) is 1. The number of hydrogen-bond acceptors (Lipinski definition) is 4. The third-order valence-corrected chi connectivity index (χ3v) is 2.96. The van der Waals surface area contributed by atoms with Gasteiger partial charge in [-0.15, -0.1) is 0 Å². The number of hydrogen-bond donors (Lipinski definition) is 2. The molecule has 0 saturated carbocycles. The van der Waals surface area contributed by atoms with Crippen LogP contribution in [0.15, 0.2) is 36.7 Å². The smallest absolute Gasteiger partial charge is 0.335 e. The first-order valence-corrected chi connectivity index (χ1v) is 6.56. The number of nitrogens with one attached hydrogen (secondary N) is 1. The fourth-order valence-corrected chi connectivity index (χ4v) is 1.87. The van der Waals surface area contributed by atoms with E-state index in [9.17, 15) is 4.79 Å². The van der Waals surface area contributed by atoms with E-state index in [0.29, 0.717) is 18.8 Å². The van der Waals surface area contributed by atoms with Gasteiger partial charge in [0.25, 0.3) is 0 Å². The number of pyridine rings is 2. The lowest BCUT2D eigenvalue weighted by molar-refractivity contribution is 0.0696. The summed E-state index contributed by atoms with van der Waals surface area (Å²) in [5, 5.41) is 12.2. The molecule has 0 aromatic carbocycles. The summed E-state index contributed by atoms with van der Waals surface area (Å²) >= 11 is 0. The summed E-state index contributed by atoms with van der Waals surface area (Å²) in [5.74, 6) is -0.324. The van der Waals surface area contributed by atoms with Crippen molar-refractivity contribution in [3.63, 3.8) is 0 Å². The molecule has 104 valence electrons. The molecule has 0 fully saturated rings. The lowest BCUT2D eigenvalue weighted by atomic mass is 10.2. The van der Waals surface area contributed by atoms with Gasteiger partial charge in [0.05, 0.1) is 5.56 Å². The minimum atomic E-state index is -0.931. The van der Waals surface area contributed by atoms with E-state index in [1.807, 2.05) is 19.1 Å². The molecule has 0 spiro atoms. The van der Waals surface area contributed by atoms with Gasteiger partial charge >= 0.3 is 5.97 Å². The zero-order valence-electron chi connectivity index (χ0n) is 11.3. The first-order chi connectivity index (χ1) is 9.69. The molecule has 0 aliphatic carbocycles.